The van der Waals surface area contributed by atoms with Crippen molar-refractivity contribution in [2.75, 3.05) is 13.7 Å². The quantitative estimate of drug-likeness (QED) is 0.437. The highest BCUT2D eigenvalue weighted by atomic mass is 16.5. The fourth-order valence-electron chi connectivity index (χ4n) is 3.73. The van der Waals surface area contributed by atoms with Gasteiger partial charge in [-0.25, -0.2) is 4.68 Å². The van der Waals surface area contributed by atoms with E-state index in [2.05, 4.69) is 62.7 Å². The Labute approximate surface area is 186 Å². The molecule has 0 amide bonds. The zero-order valence-corrected chi connectivity index (χ0v) is 18.7. The van der Waals surface area contributed by atoms with E-state index in [1.165, 1.54) is 11.1 Å². The summed E-state index contributed by atoms with van der Waals surface area (Å²) >= 11 is 0. The van der Waals surface area contributed by atoms with Crippen LogP contribution in [0.3, 0.4) is 0 Å². The number of aryl methyl sites for hydroxylation is 2. The topological polar surface area (TPSA) is 88.9 Å². The summed E-state index contributed by atoms with van der Waals surface area (Å²) in [5.41, 5.74) is 4.99. The Morgan fingerprint density at radius 2 is 1.78 bits per heavy atom. The van der Waals surface area contributed by atoms with Crippen molar-refractivity contribution in [3.05, 3.63) is 87.0 Å². The van der Waals surface area contributed by atoms with Crippen LogP contribution in [-0.4, -0.2) is 43.8 Å². The molecular weight excluding hydrogens is 404 g/mol. The molecule has 0 saturated heterocycles. The number of nitrogens with one attached hydrogen (secondary N) is 1. The number of fused-ring (bicyclic) bond motifs is 1. The van der Waals surface area contributed by atoms with Crippen molar-refractivity contribution in [1.29, 1.82) is 0 Å². The summed E-state index contributed by atoms with van der Waals surface area (Å²) in [6.07, 6.45) is 0. The summed E-state index contributed by atoms with van der Waals surface area (Å²) < 4.78 is 6.92. The van der Waals surface area contributed by atoms with Gasteiger partial charge in [-0.05, 0) is 52.9 Å². The zero-order valence-electron chi connectivity index (χ0n) is 18.7. The van der Waals surface area contributed by atoms with E-state index in [0.29, 0.717) is 38.3 Å². The largest absolute Gasteiger partial charge is 0.383 e. The summed E-state index contributed by atoms with van der Waals surface area (Å²) in [7, 11) is 1.65. The molecule has 4 rings (SSSR count). The van der Waals surface area contributed by atoms with Crippen molar-refractivity contribution in [2.45, 2.75) is 40.0 Å². The molecule has 0 spiro atoms. The molecule has 8 nitrogen and oxygen atoms in total. The predicted molar refractivity (Wildman–Crippen MR) is 123 cm³/mol. The number of pyridine rings is 1. The molecule has 4 aromatic rings. The van der Waals surface area contributed by atoms with Crippen molar-refractivity contribution in [1.82, 2.24) is 30.1 Å². The fourth-order valence-corrected chi connectivity index (χ4v) is 3.73. The number of rotatable bonds is 9. The van der Waals surface area contributed by atoms with E-state index in [1.54, 1.807) is 11.8 Å². The first-order valence-electron chi connectivity index (χ1n) is 10.7. The molecule has 2 aromatic carbocycles. The Morgan fingerprint density at radius 3 is 2.56 bits per heavy atom. The molecule has 1 N–H and O–H groups in total. The molecule has 2 heterocycles. The number of tetrazole rings is 1. The molecule has 0 aliphatic carbocycles. The van der Waals surface area contributed by atoms with Gasteiger partial charge in [-0.1, -0.05) is 42.0 Å². The van der Waals surface area contributed by atoms with Crippen LogP contribution in [0.1, 0.15) is 28.1 Å². The first kappa shape index (κ1) is 21.9. The highest BCUT2D eigenvalue weighted by Gasteiger charge is 2.16. The number of ether oxygens (including phenoxy) is 1. The van der Waals surface area contributed by atoms with Crippen molar-refractivity contribution < 1.29 is 4.74 Å². The maximum absolute atomic E-state index is 12.8. The number of methoxy groups -OCH3 is 1. The minimum absolute atomic E-state index is 0.0732. The zero-order chi connectivity index (χ0) is 22.5. The third-order valence-electron chi connectivity index (χ3n) is 5.48. The Kier molecular flexibility index (Phi) is 6.72. The average Bonchev–Trinajstić information content (AvgIpc) is 3.21. The Morgan fingerprint density at radius 1 is 1.00 bits per heavy atom. The second kappa shape index (κ2) is 9.84. The van der Waals surface area contributed by atoms with Crippen molar-refractivity contribution in [3.8, 4) is 0 Å². The van der Waals surface area contributed by atoms with Crippen molar-refractivity contribution in [3.63, 3.8) is 0 Å². The molecule has 0 fully saturated rings. The van der Waals surface area contributed by atoms with Crippen LogP contribution in [0.25, 0.3) is 10.9 Å². The van der Waals surface area contributed by atoms with Crippen LogP contribution in [0, 0.1) is 13.8 Å². The third-order valence-corrected chi connectivity index (χ3v) is 5.48. The van der Waals surface area contributed by atoms with Crippen LogP contribution in [0.4, 0.5) is 0 Å². The van der Waals surface area contributed by atoms with E-state index in [4.69, 9.17) is 4.74 Å². The number of aromatic amines is 1. The van der Waals surface area contributed by atoms with Crippen LogP contribution in [0.15, 0.2) is 53.3 Å². The van der Waals surface area contributed by atoms with Gasteiger partial charge in [0, 0.05) is 31.3 Å². The first-order valence-corrected chi connectivity index (χ1v) is 10.7. The van der Waals surface area contributed by atoms with E-state index >= 15 is 0 Å². The second-order valence-electron chi connectivity index (χ2n) is 8.16. The molecular formula is C24H28N6O2. The van der Waals surface area contributed by atoms with Gasteiger partial charge in [-0.2, -0.15) is 0 Å². The molecule has 8 heteroatoms. The molecule has 0 aliphatic heterocycles. The summed E-state index contributed by atoms with van der Waals surface area (Å²) in [4.78, 5) is 18.1. The number of H-pyrrole nitrogens is 1. The monoisotopic (exact) mass is 432 g/mol. The maximum atomic E-state index is 12.8. The van der Waals surface area contributed by atoms with E-state index in [0.717, 1.165) is 22.3 Å². The fraction of sp³-hybridized carbons (Fsp3) is 0.333. The van der Waals surface area contributed by atoms with E-state index in [9.17, 15) is 4.79 Å². The molecule has 166 valence electrons. The van der Waals surface area contributed by atoms with E-state index in [1.807, 2.05) is 25.1 Å². The number of hydrogen-bond donors (Lipinski definition) is 1. The summed E-state index contributed by atoms with van der Waals surface area (Å²) in [5.74, 6) is 0.738. The van der Waals surface area contributed by atoms with Crippen LogP contribution in [-0.2, 0) is 30.9 Å². The highest BCUT2D eigenvalue weighted by molar-refractivity contribution is 5.79. The molecule has 0 radical (unpaired) electrons. The molecule has 0 unspecified atom stereocenters. The van der Waals surface area contributed by atoms with Gasteiger partial charge in [-0.3, -0.25) is 9.69 Å². The molecule has 0 aliphatic rings. The van der Waals surface area contributed by atoms with E-state index < -0.39 is 0 Å². The molecule has 0 saturated carbocycles. The second-order valence-corrected chi connectivity index (χ2v) is 8.16. The van der Waals surface area contributed by atoms with Gasteiger partial charge in [-0.15, -0.1) is 5.10 Å². The Bertz CT molecular complexity index is 1250. The number of nitrogens with zero attached hydrogens (tertiary/aromatic N) is 5. The molecule has 32 heavy (non-hydrogen) atoms. The SMILES string of the molecule is COCCn1nnnc1CN(Cc1ccc(C)cc1)Cc1cc2ccc(C)cc2[nH]c1=O. The van der Waals surface area contributed by atoms with Gasteiger partial charge in [0.15, 0.2) is 5.82 Å². The lowest BCUT2D eigenvalue weighted by Crippen LogP contribution is -2.28. The lowest BCUT2D eigenvalue weighted by molar-refractivity contribution is 0.177. The van der Waals surface area contributed by atoms with Crippen LogP contribution >= 0.6 is 0 Å². The van der Waals surface area contributed by atoms with Gasteiger partial charge in [0.05, 0.1) is 19.7 Å². The predicted octanol–water partition coefficient (Wildman–Crippen LogP) is 2.98. The molecule has 0 bridgehead atoms. The minimum atomic E-state index is -0.0732. The number of aromatic nitrogens is 5. The summed E-state index contributed by atoms with van der Waals surface area (Å²) in [6.45, 7) is 6.85. The first-order chi connectivity index (χ1) is 15.5. The standard InChI is InChI=1S/C24H28N6O2/c1-17-4-7-19(8-5-17)14-29(16-23-26-27-28-30(23)10-11-32-3)15-21-13-20-9-6-18(2)12-22(20)25-24(21)31/h4-9,12-13H,10-11,14-16H2,1-3H3,(H,25,31). The van der Waals surface area contributed by atoms with Gasteiger partial charge >= 0.3 is 0 Å². The number of hydrogen-bond acceptors (Lipinski definition) is 6. The number of benzene rings is 2. The maximum Gasteiger partial charge on any atom is 0.252 e. The molecule has 2 aromatic heterocycles. The third kappa shape index (κ3) is 5.27. The smallest absolute Gasteiger partial charge is 0.252 e. The van der Waals surface area contributed by atoms with Gasteiger partial charge in [0.25, 0.3) is 5.56 Å². The summed E-state index contributed by atoms with van der Waals surface area (Å²) in [5, 5.41) is 13.1. The Balaban J connectivity index is 1.63. The van der Waals surface area contributed by atoms with Crippen molar-refractivity contribution in [2.24, 2.45) is 0 Å². The molecule has 0 atom stereocenters. The normalized spacial score (nSPS) is 11.5. The average molecular weight is 433 g/mol. The van der Waals surface area contributed by atoms with Crippen LogP contribution < -0.4 is 5.56 Å². The highest BCUT2D eigenvalue weighted by Crippen LogP contribution is 2.16. The lowest BCUT2D eigenvalue weighted by Gasteiger charge is -2.22. The van der Waals surface area contributed by atoms with Crippen molar-refractivity contribution >= 4 is 10.9 Å². The van der Waals surface area contributed by atoms with Gasteiger partial charge in [0.1, 0.15) is 0 Å². The van der Waals surface area contributed by atoms with E-state index in [-0.39, 0.29) is 5.56 Å². The van der Waals surface area contributed by atoms with Gasteiger partial charge < -0.3 is 9.72 Å². The minimum Gasteiger partial charge on any atom is -0.383 e. The Hall–Kier alpha value is -3.36. The lowest BCUT2D eigenvalue weighted by atomic mass is 10.1. The van der Waals surface area contributed by atoms with Crippen LogP contribution in [0.5, 0.6) is 0 Å². The van der Waals surface area contributed by atoms with Gasteiger partial charge in [0.2, 0.25) is 0 Å². The van der Waals surface area contributed by atoms with Crippen LogP contribution in [0.2, 0.25) is 0 Å². The summed E-state index contributed by atoms with van der Waals surface area (Å²) in [6, 6.07) is 16.5.